The van der Waals surface area contributed by atoms with Crippen molar-refractivity contribution in [2.75, 3.05) is 11.9 Å². The van der Waals surface area contributed by atoms with Crippen molar-refractivity contribution in [1.82, 2.24) is 5.32 Å². The van der Waals surface area contributed by atoms with E-state index in [1.165, 1.54) is 6.08 Å². The first-order chi connectivity index (χ1) is 13.0. The lowest BCUT2D eigenvalue weighted by molar-refractivity contribution is 0.104. The summed E-state index contributed by atoms with van der Waals surface area (Å²) in [6, 6.07) is 15.5. The Balaban J connectivity index is 2.03. The number of ketones is 1. The Morgan fingerprint density at radius 3 is 2.52 bits per heavy atom. The van der Waals surface area contributed by atoms with Crippen molar-refractivity contribution in [1.29, 1.82) is 5.26 Å². The molecule has 6 nitrogen and oxygen atoms in total. The van der Waals surface area contributed by atoms with Gasteiger partial charge in [-0.3, -0.25) is 4.79 Å². The SMILES string of the molecule is CC(C)NC(=O)Nc1ccc(C(=O)/C=C/c2ccccc2OCC#N)cc1. The van der Waals surface area contributed by atoms with Crippen molar-refractivity contribution in [3.05, 3.63) is 65.7 Å². The van der Waals surface area contributed by atoms with E-state index in [9.17, 15) is 9.59 Å². The number of ether oxygens (including phenoxy) is 1. The first-order valence-corrected chi connectivity index (χ1v) is 8.48. The number of carbonyl (C=O) groups is 2. The van der Waals surface area contributed by atoms with E-state index in [1.54, 1.807) is 48.5 Å². The summed E-state index contributed by atoms with van der Waals surface area (Å²) in [6.45, 7) is 3.69. The van der Waals surface area contributed by atoms with E-state index in [4.69, 9.17) is 10.00 Å². The maximum atomic E-state index is 12.3. The lowest BCUT2D eigenvalue weighted by Crippen LogP contribution is -2.34. The minimum absolute atomic E-state index is 0.0380. The molecule has 2 N–H and O–H groups in total. The highest BCUT2D eigenvalue weighted by atomic mass is 16.5. The predicted molar refractivity (Wildman–Crippen MR) is 105 cm³/mol. The van der Waals surface area contributed by atoms with Crippen LogP contribution in [-0.2, 0) is 0 Å². The molecule has 0 saturated heterocycles. The third-order valence-electron chi connectivity index (χ3n) is 3.47. The topological polar surface area (TPSA) is 91.2 Å². The molecule has 0 radical (unpaired) electrons. The number of hydrogen-bond acceptors (Lipinski definition) is 4. The number of benzene rings is 2. The number of anilines is 1. The second-order valence-corrected chi connectivity index (χ2v) is 6.01. The molecule has 0 aliphatic carbocycles. The summed E-state index contributed by atoms with van der Waals surface area (Å²) < 4.78 is 5.33. The third-order valence-corrected chi connectivity index (χ3v) is 3.47. The van der Waals surface area contributed by atoms with Gasteiger partial charge in [0.25, 0.3) is 0 Å². The molecule has 0 saturated carbocycles. The summed E-state index contributed by atoms with van der Waals surface area (Å²) in [7, 11) is 0. The number of urea groups is 1. The maximum Gasteiger partial charge on any atom is 0.319 e. The van der Waals surface area contributed by atoms with Crippen LogP contribution in [0.5, 0.6) is 5.75 Å². The van der Waals surface area contributed by atoms with E-state index in [1.807, 2.05) is 26.0 Å². The molecule has 2 aromatic carbocycles. The van der Waals surface area contributed by atoms with Crippen LogP contribution in [0.2, 0.25) is 0 Å². The Morgan fingerprint density at radius 2 is 1.85 bits per heavy atom. The molecule has 0 atom stereocenters. The Bertz CT molecular complexity index is 865. The van der Waals surface area contributed by atoms with Crippen LogP contribution in [0.3, 0.4) is 0 Å². The molecule has 0 spiro atoms. The van der Waals surface area contributed by atoms with Crippen LogP contribution in [-0.4, -0.2) is 24.5 Å². The van der Waals surface area contributed by atoms with Gasteiger partial charge in [-0.2, -0.15) is 5.26 Å². The van der Waals surface area contributed by atoms with E-state index in [2.05, 4.69) is 10.6 Å². The Labute approximate surface area is 158 Å². The molecule has 2 aromatic rings. The number of nitriles is 1. The maximum absolute atomic E-state index is 12.3. The average Bonchev–Trinajstić information content (AvgIpc) is 2.65. The first-order valence-electron chi connectivity index (χ1n) is 8.48. The summed E-state index contributed by atoms with van der Waals surface area (Å²) in [4.78, 5) is 24.0. The van der Waals surface area contributed by atoms with Crippen molar-refractivity contribution in [2.45, 2.75) is 19.9 Å². The zero-order chi connectivity index (χ0) is 19.6. The first kappa shape index (κ1) is 19.7. The summed E-state index contributed by atoms with van der Waals surface area (Å²) >= 11 is 0. The van der Waals surface area contributed by atoms with Crippen LogP contribution in [0.25, 0.3) is 6.08 Å². The number of para-hydroxylation sites is 1. The van der Waals surface area contributed by atoms with E-state index >= 15 is 0 Å². The highest BCUT2D eigenvalue weighted by Crippen LogP contribution is 2.20. The number of allylic oxidation sites excluding steroid dienone is 1. The lowest BCUT2D eigenvalue weighted by atomic mass is 10.1. The van der Waals surface area contributed by atoms with Gasteiger partial charge in [0.1, 0.15) is 11.8 Å². The van der Waals surface area contributed by atoms with Crippen LogP contribution in [0.15, 0.2) is 54.6 Å². The van der Waals surface area contributed by atoms with Gasteiger partial charge in [0.2, 0.25) is 0 Å². The van der Waals surface area contributed by atoms with Crippen molar-refractivity contribution in [3.8, 4) is 11.8 Å². The second kappa shape index (κ2) is 9.78. The fraction of sp³-hybridized carbons (Fsp3) is 0.190. The van der Waals surface area contributed by atoms with Crippen LogP contribution < -0.4 is 15.4 Å². The van der Waals surface area contributed by atoms with Crippen LogP contribution in [0.4, 0.5) is 10.5 Å². The highest BCUT2D eigenvalue weighted by Gasteiger charge is 2.06. The molecule has 138 valence electrons. The number of nitrogens with zero attached hydrogens (tertiary/aromatic N) is 1. The minimum atomic E-state index is -0.294. The monoisotopic (exact) mass is 363 g/mol. The van der Waals surface area contributed by atoms with Gasteiger partial charge in [0, 0.05) is 22.9 Å². The average molecular weight is 363 g/mol. The van der Waals surface area contributed by atoms with Crippen molar-refractivity contribution in [3.63, 3.8) is 0 Å². The van der Waals surface area contributed by atoms with Gasteiger partial charge in [-0.25, -0.2) is 4.79 Å². The number of carbonyl (C=O) groups excluding carboxylic acids is 2. The molecular weight excluding hydrogens is 342 g/mol. The summed E-state index contributed by atoms with van der Waals surface area (Å²) in [5, 5.41) is 14.1. The molecule has 2 amide bonds. The van der Waals surface area contributed by atoms with E-state index in [-0.39, 0.29) is 24.5 Å². The quantitative estimate of drug-likeness (QED) is 0.574. The van der Waals surface area contributed by atoms with Crippen LogP contribution in [0.1, 0.15) is 29.8 Å². The molecule has 2 rings (SSSR count). The van der Waals surface area contributed by atoms with Crippen LogP contribution in [0, 0.1) is 11.3 Å². The Hall–Kier alpha value is -3.59. The van der Waals surface area contributed by atoms with Crippen molar-refractivity contribution >= 4 is 23.6 Å². The Morgan fingerprint density at radius 1 is 1.15 bits per heavy atom. The fourth-order valence-electron chi connectivity index (χ4n) is 2.27. The lowest BCUT2D eigenvalue weighted by Gasteiger charge is -2.10. The smallest absolute Gasteiger partial charge is 0.319 e. The highest BCUT2D eigenvalue weighted by molar-refractivity contribution is 6.07. The third kappa shape index (κ3) is 6.33. The van der Waals surface area contributed by atoms with Gasteiger partial charge >= 0.3 is 6.03 Å². The molecule has 0 aliphatic heterocycles. The molecule has 0 unspecified atom stereocenters. The van der Waals surface area contributed by atoms with Crippen molar-refractivity contribution in [2.24, 2.45) is 0 Å². The summed E-state index contributed by atoms with van der Waals surface area (Å²) in [5.74, 6) is 0.363. The zero-order valence-corrected chi connectivity index (χ0v) is 15.2. The van der Waals surface area contributed by atoms with E-state index in [0.29, 0.717) is 22.6 Å². The normalized spacial score (nSPS) is 10.4. The van der Waals surface area contributed by atoms with E-state index < -0.39 is 0 Å². The van der Waals surface area contributed by atoms with Gasteiger partial charge in [-0.15, -0.1) is 0 Å². The van der Waals surface area contributed by atoms with Crippen LogP contribution >= 0.6 is 0 Å². The molecular formula is C21H21N3O3. The molecule has 0 heterocycles. The molecule has 0 aromatic heterocycles. The number of amides is 2. The molecule has 27 heavy (non-hydrogen) atoms. The van der Waals surface area contributed by atoms with Gasteiger partial charge in [-0.05, 0) is 56.3 Å². The molecule has 0 bridgehead atoms. The summed E-state index contributed by atoms with van der Waals surface area (Å²) in [6.07, 6.45) is 3.10. The fourth-order valence-corrected chi connectivity index (χ4v) is 2.27. The van der Waals surface area contributed by atoms with E-state index in [0.717, 1.165) is 0 Å². The van der Waals surface area contributed by atoms with Gasteiger partial charge in [0.05, 0.1) is 0 Å². The van der Waals surface area contributed by atoms with Crippen molar-refractivity contribution < 1.29 is 14.3 Å². The zero-order valence-electron chi connectivity index (χ0n) is 15.2. The van der Waals surface area contributed by atoms with Gasteiger partial charge < -0.3 is 15.4 Å². The molecule has 0 aliphatic rings. The minimum Gasteiger partial charge on any atom is -0.478 e. The van der Waals surface area contributed by atoms with Gasteiger partial charge in [-0.1, -0.05) is 18.2 Å². The summed E-state index contributed by atoms with van der Waals surface area (Å²) in [5.41, 5.74) is 1.81. The second-order valence-electron chi connectivity index (χ2n) is 6.01. The standard InChI is InChI=1S/C21H21N3O3/c1-15(2)23-21(26)24-18-10-7-16(8-11-18)19(25)12-9-17-5-3-4-6-20(17)27-14-13-22/h3-12,15H,14H2,1-2H3,(H2,23,24,26)/b12-9+. The number of rotatable bonds is 7. The number of nitrogens with one attached hydrogen (secondary N) is 2. The number of hydrogen-bond donors (Lipinski definition) is 2. The largest absolute Gasteiger partial charge is 0.478 e. The van der Waals surface area contributed by atoms with Gasteiger partial charge in [0.15, 0.2) is 12.4 Å². The molecule has 6 heteroatoms. The predicted octanol–water partition coefficient (Wildman–Crippen LogP) is 4.01. The Kier molecular flexibility index (Phi) is 7.15. The molecule has 0 fully saturated rings.